The van der Waals surface area contributed by atoms with E-state index in [2.05, 4.69) is 57.5 Å². The molecule has 4 atom stereocenters. The molecule has 0 bridgehead atoms. The van der Waals surface area contributed by atoms with Gasteiger partial charge in [0, 0.05) is 13.1 Å². The lowest BCUT2D eigenvalue weighted by Crippen LogP contribution is -2.53. The van der Waals surface area contributed by atoms with Crippen LogP contribution in [0, 0.1) is 11.8 Å². The first kappa shape index (κ1) is 16.8. The van der Waals surface area contributed by atoms with Gasteiger partial charge in [0.15, 0.2) is 0 Å². The molecule has 2 unspecified atom stereocenters. The molecule has 4 heterocycles. The number of hydrazine groups is 1. The summed E-state index contributed by atoms with van der Waals surface area (Å²) in [6.45, 7) is 7.25. The van der Waals surface area contributed by atoms with Gasteiger partial charge >= 0.3 is 0 Å². The molecule has 2 aromatic heterocycles. The van der Waals surface area contributed by atoms with Gasteiger partial charge in [-0.05, 0) is 82.3 Å². The third kappa shape index (κ3) is 3.34. The number of piperidine rings is 2. The maximum atomic E-state index is 2.74. The number of nitrogens with zero attached hydrogens (tertiary/aromatic N) is 2. The second-order valence-corrected chi connectivity index (χ2v) is 9.31. The minimum absolute atomic E-state index is 0.568. The lowest BCUT2D eigenvalue weighted by molar-refractivity contribution is -0.142. The smallest absolute Gasteiger partial charge is 0.0504 e. The number of hydrogen-bond acceptors (Lipinski definition) is 4. The summed E-state index contributed by atoms with van der Waals surface area (Å²) in [6.07, 6.45) is 5.28. The molecule has 2 aliphatic heterocycles. The molecule has 4 rings (SSSR count). The molecule has 0 spiro atoms. The van der Waals surface area contributed by atoms with Gasteiger partial charge in [-0.1, -0.05) is 13.8 Å². The second kappa shape index (κ2) is 7.28. The predicted octanol–water partition coefficient (Wildman–Crippen LogP) is 5.97. The Balaban J connectivity index is 1.65. The molecule has 0 amide bonds. The topological polar surface area (TPSA) is 6.48 Å². The van der Waals surface area contributed by atoms with Gasteiger partial charge in [0.05, 0.1) is 12.1 Å². The fourth-order valence-corrected chi connectivity index (χ4v) is 5.85. The molecule has 4 heteroatoms. The van der Waals surface area contributed by atoms with Crippen LogP contribution in [0.4, 0.5) is 0 Å². The highest BCUT2D eigenvalue weighted by Crippen LogP contribution is 2.42. The minimum atomic E-state index is 0.568. The maximum Gasteiger partial charge on any atom is 0.0504 e. The summed E-state index contributed by atoms with van der Waals surface area (Å²) in [5, 5.41) is 14.7. The van der Waals surface area contributed by atoms with E-state index in [0.29, 0.717) is 12.1 Å². The van der Waals surface area contributed by atoms with Crippen LogP contribution in [0.1, 0.15) is 62.7 Å². The first-order valence-electron chi connectivity index (χ1n) is 9.29. The van der Waals surface area contributed by atoms with Crippen molar-refractivity contribution in [2.75, 3.05) is 13.1 Å². The summed E-state index contributed by atoms with van der Waals surface area (Å²) in [5.74, 6) is 1.58. The average molecular weight is 361 g/mol. The van der Waals surface area contributed by atoms with Crippen molar-refractivity contribution in [3.8, 4) is 0 Å². The van der Waals surface area contributed by atoms with Crippen LogP contribution in [-0.2, 0) is 0 Å². The average Bonchev–Trinajstić information content (AvgIpc) is 3.28. The van der Waals surface area contributed by atoms with Crippen LogP contribution in [-0.4, -0.2) is 23.1 Å². The molecule has 130 valence electrons. The lowest BCUT2D eigenvalue weighted by atomic mass is 9.89. The van der Waals surface area contributed by atoms with E-state index < -0.39 is 0 Å². The molecular formula is C20H28N2S2. The fourth-order valence-electron chi connectivity index (χ4n) is 4.43. The molecule has 2 saturated heterocycles. The third-order valence-corrected chi connectivity index (χ3v) is 7.17. The van der Waals surface area contributed by atoms with E-state index in [1.807, 2.05) is 22.7 Å². The zero-order valence-corrected chi connectivity index (χ0v) is 16.4. The van der Waals surface area contributed by atoms with Crippen LogP contribution in [0.2, 0.25) is 0 Å². The minimum Gasteiger partial charge on any atom is -0.233 e. The van der Waals surface area contributed by atoms with Crippen LogP contribution in [0.3, 0.4) is 0 Å². The van der Waals surface area contributed by atoms with Crippen LogP contribution in [0.25, 0.3) is 0 Å². The van der Waals surface area contributed by atoms with Crippen molar-refractivity contribution in [1.29, 1.82) is 0 Å². The molecule has 0 N–H and O–H groups in total. The summed E-state index contributed by atoms with van der Waals surface area (Å²) in [4.78, 5) is 0. The molecule has 2 fully saturated rings. The van der Waals surface area contributed by atoms with Crippen LogP contribution >= 0.6 is 22.7 Å². The second-order valence-electron chi connectivity index (χ2n) is 7.75. The normalized spacial score (nSPS) is 32.9. The predicted molar refractivity (Wildman–Crippen MR) is 104 cm³/mol. The largest absolute Gasteiger partial charge is 0.233 e. The molecule has 0 radical (unpaired) electrons. The third-order valence-electron chi connectivity index (χ3n) is 5.77. The molecule has 24 heavy (non-hydrogen) atoms. The number of thiophene rings is 2. The van der Waals surface area contributed by atoms with Gasteiger partial charge < -0.3 is 0 Å². The summed E-state index contributed by atoms with van der Waals surface area (Å²) >= 11 is 3.68. The van der Waals surface area contributed by atoms with E-state index >= 15 is 0 Å². The molecule has 2 aromatic rings. The molecule has 0 aromatic carbocycles. The van der Waals surface area contributed by atoms with E-state index in [-0.39, 0.29) is 0 Å². The van der Waals surface area contributed by atoms with Gasteiger partial charge in [0.2, 0.25) is 0 Å². The van der Waals surface area contributed by atoms with Crippen LogP contribution in [0.15, 0.2) is 33.7 Å². The van der Waals surface area contributed by atoms with Gasteiger partial charge in [-0.15, -0.1) is 0 Å². The van der Waals surface area contributed by atoms with Crippen molar-refractivity contribution in [3.05, 3.63) is 44.8 Å². The van der Waals surface area contributed by atoms with E-state index in [1.54, 1.807) is 0 Å². The highest BCUT2D eigenvalue weighted by Gasteiger charge is 2.38. The van der Waals surface area contributed by atoms with Crippen LogP contribution < -0.4 is 0 Å². The SMILES string of the molecule is C[C@H]1CCC(c2ccsc2)N(N2C[C@@H](C)CCC2c2ccsc2)C1. The van der Waals surface area contributed by atoms with E-state index in [0.717, 1.165) is 11.8 Å². The first-order chi connectivity index (χ1) is 11.7. The Hall–Kier alpha value is -0.680. The summed E-state index contributed by atoms with van der Waals surface area (Å²) in [6, 6.07) is 5.81. The van der Waals surface area contributed by atoms with Crippen molar-refractivity contribution >= 4 is 22.7 Å². The Labute approximate surface area is 154 Å². The van der Waals surface area contributed by atoms with E-state index in [4.69, 9.17) is 0 Å². The Kier molecular flexibility index (Phi) is 5.09. The van der Waals surface area contributed by atoms with Crippen molar-refractivity contribution < 1.29 is 0 Å². The zero-order valence-electron chi connectivity index (χ0n) is 14.7. The quantitative estimate of drug-likeness (QED) is 0.665. The van der Waals surface area contributed by atoms with Crippen molar-refractivity contribution in [1.82, 2.24) is 10.0 Å². The monoisotopic (exact) mass is 360 g/mol. The lowest BCUT2D eigenvalue weighted by Gasteiger charge is -2.51. The molecule has 0 aliphatic carbocycles. The van der Waals surface area contributed by atoms with Gasteiger partial charge in [0.25, 0.3) is 0 Å². The van der Waals surface area contributed by atoms with E-state index in [1.165, 1.54) is 49.9 Å². The van der Waals surface area contributed by atoms with Gasteiger partial charge in [0.1, 0.15) is 0 Å². The fraction of sp³-hybridized carbons (Fsp3) is 0.600. The Morgan fingerprint density at radius 1 is 0.750 bits per heavy atom. The standard InChI is InChI=1S/C20H28N2S2/c1-15-3-5-19(17-7-9-23-13-17)21(11-15)22-12-16(2)4-6-20(22)18-8-10-24-14-18/h7-10,13-16,19-20H,3-6,11-12H2,1-2H3/t15-,16-,19?,20?/m0/s1. The zero-order chi connectivity index (χ0) is 16.5. The molecule has 2 aliphatic rings. The highest BCUT2D eigenvalue weighted by atomic mass is 32.1. The van der Waals surface area contributed by atoms with Crippen molar-refractivity contribution in [2.24, 2.45) is 11.8 Å². The highest BCUT2D eigenvalue weighted by molar-refractivity contribution is 7.08. The van der Waals surface area contributed by atoms with Crippen molar-refractivity contribution in [2.45, 2.75) is 51.6 Å². The summed E-state index contributed by atoms with van der Waals surface area (Å²) < 4.78 is 0. The maximum absolute atomic E-state index is 2.74. The van der Waals surface area contributed by atoms with Gasteiger partial charge in [-0.25, -0.2) is 10.0 Å². The Morgan fingerprint density at radius 2 is 1.21 bits per heavy atom. The molecule has 0 saturated carbocycles. The van der Waals surface area contributed by atoms with E-state index in [9.17, 15) is 0 Å². The first-order valence-corrected chi connectivity index (χ1v) is 11.2. The van der Waals surface area contributed by atoms with Gasteiger partial charge in [-0.2, -0.15) is 22.7 Å². The Bertz CT molecular complexity index is 566. The Morgan fingerprint density at radius 3 is 1.58 bits per heavy atom. The summed E-state index contributed by atoms with van der Waals surface area (Å²) in [7, 11) is 0. The number of hydrogen-bond donors (Lipinski definition) is 0. The van der Waals surface area contributed by atoms with Crippen molar-refractivity contribution in [3.63, 3.8) is 0 Å². The summed E-state index contributed by atoms with van der Waals surface area (Å²) in [5.41, 5.74) is 3.04. The van der Waals surface area contributed by atoms with Crippen LogP contribution in [0.5, 0.6) is 0 Å². The molecule has 2 nitrogen and oxygen atoms in total. The van der Waals surface area contributed by atoms with Gasteiger partial charge in [-0.3, -0.25) is 0 Å². The molecular weight excluding hydrogens is 332 g/mol. The number of rotatable bonds is 3.